The maximum absolute atomic E-state index is 11.9. The highest BCUT2D eigenvalue weighted by Crippen LogP contribution is 2.20. The van der Waals surface area contributed by atoms with Gasteiger partial charge in [0.2, 0.25) is 5.91 Å². The van der Waals surface area contributed by atoms with Gasteiger partial charge in [0.25, 0.3) is 0 Å². The van der Waals surface area contributed by atoms with Crippen molar-refractivity contribution in [1.29, 1.82) is 0 Å². The number of amides is 1. The van der Waals surface area contributed by atoms with Gasteiger partial charge in [-0.2, -0.15) is 0 Å². The Morgan fingerprint density at radius 1 is 1.26 bits per heavy atom. The number of aliphatic carboxylic acids is 1. The first kappa shape index (κ1) is 15.0. The molecule has 5 heteroatoms. The van der Waals surface area contributed by atoms with Crippen molar-refractivity contribution in [2.45, 2.75) is 13.8 Å². The Hall–Kier alpha value is -2.04. The van der Waals surface area contributed by atoms with Gasteiger partial charge >= 0.3 is 5.97 Å². The molecule has 0 aliphatic rings. The minimum atomic E-state index is -1.04. The molecule has 0 aliphatic carbocycles. The first-order valence-electron chi connectivity index (χ1n) is 6.09. The van der Waals surface area contributed by atoms with Crippen molar-refractivity contribution in [1.82, 2.24) is 5.32 Å². The van der Waals surface area contributed by atoms with E-state index < -0.39 is 11.4 Å². The Bertz CT molecular complexity index is 443. The third-order valence-electron chi connectivity index (χ3n) is 2.84. The molecule has 0 saturated carbocycles. The number of hydrogen-bond acceptors (Lipinski definition) is 3. The van der Waals surface area contributed by atoms with E-state index in [4.69, 9.17) is 5.11 Å². The summed E-state index contributed by atoms with van der Waals surface area (Å²) >= 11 is 0. The molecule has 0 fully saturated rings. The number of carboxylic acids is 1. The van der Waals surface area contributed by atoms with E-state index in [2.05, 4.69) is 5.32 Å². The van der Waals surface area contributed by atoms with E-state index in [0.717, 1.165) is 5.69 Å². The first-order valence-corrected chi connectivity index (χ1v) is 6.09. The van der Waals surface area contributed by atoms with Crippen LogP contribution in [0.2, 0.25) is 0 Å². The van der Waals surface area contributed by atoms with Gasteiger partial charge < -0.3 is 15.3 Å². The van der Waals surface area contributed by atoms with Gasteiger partial charge in [0, 0.05) is 19.3 Å². The van der Waals surface area contributed by atoms with Crippen LogP contribution in [0.4, 0.5) is 5.69 Å². The highest BCUT2D eigenvalue weighted by molar-refractivity contribution is 5.85. The SMILES string of the molecule is CN(CC(C)(C)C(=O)NCC(=O)O)c1ccccc1. The Morgan fingerprint density at radius 2 is 1.84 bits per heavy atom. The monoisotopic (exact) mass is 264 g/mol. The molecular formula is C14H20N2O3. The highest BCUT2D eigenvalue weighted by atomic mass is 16.4. The molecule has 0 aromatic heterocycles. The van der Waals surface area contributed by atoms with Crippen LogP contribution in [0, 0.1) is 5.41 Å². The zero-order chi connectivity index (χ0) is 14.5. The fourth-order valence-corrected chi connectivity index (χ4v) is 1.83. The van der Waals surface area contributed by atoms with E-state index in [9.17, 15) is 9.59 Å². The van der Waals surface area contributed by atoms with Gasteiger partial charge in [0.15, 0.2) is 0 Å². The van der Waals surface area contributed by atoms with E-state index in [-0.39, 0.29) is 12.5 Å². The average molecular weight is 264 g/mol. The van der Waals surface area contributed by atoms with Crippen molar-refractivity contribution in [3.05, 3.63) is 30.3 Å². The number of carbonyl (C=O) groups is 2. The number of anilines is 1. The second kappa shape index (κ2) is 6.22. The molecule has 1 aromatic carbocycles. The topological polar surface area (TPSA) is 69.6 Å². The van der Waals surface area contributed by atoms with Crippen molar-refractivity contribution >= 4 is 17.6 Å². The number of hydrogen-bond donors (Lipinski definition) is 2. The van der Waals surface area contributed by atoms with Crippen LogP contribution in [-0.4, -0.2) is 37.1 Å². The molecule has 0 heterocycles. The summed E-state index contributed by atoms with van der Waals surface area (Å²) < 4.78 is 0. The van der Waals surface area contributed by atoms with E-state index >= 15 is 0 Å². The average Bonchev–Trinajstić information content (AvgIpc) is 2.36. The van der Waals surface area contributed by atoms with Crippen LogP contribution in [0.15, 0.2) is 30.3 Å². The molecular weight excluding hydrogens is 244 g/mol. The summed E-state index contributed by atoms with van der Waals surface area (Å²) in [5.74, 6) is -1.31. The number of carboxylic acid groups (broad SMARTS) is 1. The van der Waals surface area contributed by atoms with Crippen LogP contribution in [0.1, 0.15) is 13.8 Å². The summed E-state index contributed by atoms with van der Waals surface area (Å²) in [5.41, 5.74) is 0.349. The molecule has 0 aliphatic heterocycles. The molecule has 5 nitrogen and oxygen atoms in total. The molecule has 1 rings (SSSR count). The van der Waals surface area contributed by atoms with Crippen LogP contribution >= 0.6 is 0 Å². The number of para-hydroxylation sites is 1. The second-order valence-electron chi connectivity index (χ2n) is 5.15. The molecule has 0 atom stereocenters. The number of nitrogens with zero attached hydrogens (tertiary/aromatic N) is 1. The third kappa shape index (κ3) is 4.62. The molecule has 2 N–H and O–H groups in total. The molecule has 0 saturated heterocycles. The Balaban J connectivity index is 2.63. The molecule has 19 heavy (non-hydrogen) atoms. The number of rotatable bonds is 6. The van der Waals surface area contributed by atoms with Crippen molar-refractivity contribution < 1.29 is 14.7 Å². The van der Waals surface area contributed by atoms with Crippen LogP contribution < -0.4 is 10.2 Å². The zero-order valence-corrected chi connectivity index (χ0v) is 11.5. The van der Waals surface area contributed by atoms with Gasteiger partial charge in [-0.05, 0) is 26.0 Å². The minimum Gasteiger partial charge on any atom is -0.480 e. The van der Waals surface area contributed by atoms with Crippen molar-refractivity contribution in [2.75, 3.05) is 25.0 Å². The standard InChI is InChI=1S/C14H20N2O3/c1-14(2,13(19)15-9-12(17)18)10-16(3)11-7-5-4-6-8-11/h4-8H,9-10H2,1-3H3,(H,15,19)(H,17,18). The van der Waals surface area contributed by atoms with Gasteiger partial charge in [0.05, 0.1) is 5.41 Å². The number of nitrogens with one attached hydrogen (secondary N) is 1. The number of benzene rings is 1. The van der Waals surface area contributed by atoms with Crippen LogP contribution in [-0.2, 0) is 9.59 Å². The van der Waals surface area contributed by atoms with Gasteiger partial charge in [0.1, 0.15) is 6.54 Å². The lowest BCUT2D eigenvalue weighted by Gasteiger charge is -2.30. The summed E-state index contributed by atoms with van der Waals surface area (Å²) in [5, 5.41) is 11.0. The summed E-state index contributed by atoms with van der Waals surface area (Å²) in [7, 11) is 1.90. The quantitative estimate of drug-likeness (QED) is 0.813. The Labute approximate surface area is 113 Å². The molecule has 1 amide bonds. The second-order valence-corrected chi connectivity index (χ2v) is 5.15. The predicted octanol–water partition coefficient (Wildman–Crippen LogP) is 1.35. The zero-order valence-electron chi connectivity index (χ0n) is 11.5. The minimum absolute atomic E-state index is 0.266. The molecule has 0 spiro atoms. The van der Waals surface area contributed by atoms with Gasteiger partial charge in [-0.25, -0.2) is 0 Å². The summed E-state index contributed by atoms with van der Waals surface area (Å²) in [6, 6.07) is 9.73. The smallest absolute Gasteiger partial charge is 0.322 e. The van der Waals surface area contributed by atoms with E-state index in [0.29, 0.717) is 6.54 Å². The lowest BCUT2D eigenvalue weighted by molar-refractivity contribution is -0.139. The van der Waals surface area contributed by atoms with Gasteiger partial charge in [-0.15, -0.1) is 0 Å². The molecule has 0 radical (unpaired) electrons. The first-order chi connectivity index (χ1) is 8.83. The van der Waals surface area contributed by atoms with E-state index in [1.54, 1.807) is 13.8 Å². The van der Waals surface area contributed by atoms with Crippen LogP contribution in [0.3, 0.4) is 0 Å². The lowest BCUT2D eigenvalue weighted by atomic mass is 9.91. The van der Waals surface area contributed by atoms with E-state index in [1.165, 1.54) is 0 Å². The van der Waals surface area contributed by atoms with Gasteiger partial charge in [-0.3, -0.25) is 9.59 Å². The van der Waals surface area contributed by atoms with Crippen molar-refractivity contribution in [3.63, 3.8) is 0 Å². The van der Waals surface area contributed by atoms with Gasteiger partial charge in [-0.1, -0.05) is 18.2 Å². The van der Waals surface area contributed by atoms with Crippen LogP contribution in [0.25, 0.3) is 0 Å². The van der Waals surface area contributed by atoms with Crippen molar-refractivity contribution in [2.24, 2.45) is 5.41 Å². The number of carbonyl (C=O) groups excluding carboxylic acids is 1. The maximum atomic E-state index is 11.9. The highest BCUT2D eigenvalue weighted by Gasteiger charge is 2.29. The molecule has 0 bridgehead atoms. The fourth-order valence-electron chi connectivity index (χ4n) is 1.83. The summed E-state index contributed by atoms with van der Waals surface area (Å²) in [6.45, 7) is 3.74. The molecule has 104 valence electrons. The Kier molecular flexibility index (Phi) is 4.92. The Morgan fingerprint density at radius 3 is 2.37 bits per heavy atom. The fraction of sp³-hybridized carbons (Fsp3) is 0.429. The lowest BCUT2D eigenvalue weighted by Crippen LogP contribution is -2.45. The molecule has 0 unspecified atom stereocenters. The van der Waals surface area contributed by atoms with Crippen LogP contribution in [0.5, 0.6) is 0 Å². The van der Waals surface area contributed by atoms with Crippen molar-refractivity contribution in [3.8, 4) is 0 Å². The predicted molar refractivity (Wildman–Crippen MR) is 74.1 cm³/mol. The van der Waals surface area contributed by atoms with E-state index in [1.807, 2.05) is 42.3 Å². The summed E-state index contributed by atoms with van der Waals surface area (Å²) in [6.07, 6.45) is 0. The third-order valence-corrected chi connectivity index (χ3v) is 2.84. The summed E-state index contributed by atoms with van der Waals surface area (Å²) in [4.78, 5) is 24.4. The normalized spacial score (nSPS) is 10.9. The maximum Gasteiger partial charge on any atom is 0.322 e. The largest absolute Gasteiger partial charge is 0.480 e. The molecule has 1 aromatic rings.